The molecule has 80 valence electrons. The van der Waals surface area contributed by atoms with Gasteiger partial charge in [-0.25, -0.2) is 0 Å². The van der Waals surface area contributed by atoms with Crippen LogP contribution in [0, 0.1) is 0 Å². The fraction of sp³-hybridized carbons (Fsp3) is 0.0769. The summed E-state index contributed by atoms with van der Waals surface area (Å²) in [6.07, 6.45) is 0. The van der Waals surface area contributed by atoms with E-state index in [9.17, 15) is 10.2 Å². The van der Waals surface area contributed by atoms with Gasteiger partial charge in [-0.05, 0) is 29.8 Å². The van der Waals surface area contributed by atoms with Crippen molar-refractivity contribution in [2.24, 2.45) is 0 Å². The molecule has 0 aliphatic carbocycles. The molecule has 2 N–H and O–H groups in total. The Morgan fingerprint density at radius 1 is 0.875 bits per heavy atom. The van der Waals surface area contributed by atoms with Crippen molar-refractivity contribution in [1.82, 2.24) is 0 Å². The first-order chi connectivity index (χ1) is 7.74. The average Bonchev–Trinajstić information content (AvgIpc) is 2.28. The van der Waals surface area contributed by atoms with Crippen LogP contribution in [0.3, 0.4) is 0 Å². The van der Waals surface area contributed by atoms with Crippen LogP contribution in [0.25, 0.3) is 11.1 Å². The molecule has 3 rings (SSSR count). The van der Waals surface area contributed by atoms with Crippen LogP contribution in [0.5, 0.6) is 17.2 Å². The highest BCUT2D eigenvalue weighted by molar-refractivity contribution is 5.76. The van der Waals surface area contributed by atoms with Gasteiger partial charge in [-0.1, -0.05) is 6.07 Å². The van der Waals surface area contributed by atoms with E-state index in [-0.39, 0.29) is 11.5 Å². The summed E-state index contributed by atoms with van der Waals surface area (Å²) < 4.78 is 5.51. The van der Waals surface area contributed by atoms with Gasteiger partial charge in [0.15, 0.2) is 0 Å². The Morgan fingerprint density at radius 2 is 1.56 bits per heavy atom. The average molecular weight is 214 g/mol. The lowest BCUT2D eigenvalue weighted by Crippen LogP contribution is -2.04. The summed E-state index contributed by atoms with van der Waals surface area (Å²) in [7, 11) is 0. The predicted molar refractivity (Wildman–Crippen MR) is 59.5 cm³/mol. The largest absolute Gasteiger partial charge is 0.508 e. The normalized spacial score (nSPS) is 12.5. The number of fused-ring (bicyclic) bond motifs is 3. The molecule has 16 heavy (non-hydrogen) atoms. The van der Waals surface area contributed by atoms with E-state index in [4.69, 9.17) is 4.74 Å². The van der Waals surface area contributed by atoms with Gasteiger partial charge in [0, 0.05) is 17.2 Å². The first kappa shape index (κ1) is 9.09. The van der Waals surface area contributed by atoms with E-state index < -0.39 is 0 Å². The van der Waals surface area contributed by atoms with E-state index in [1.165, 1.54) is 0 Å². The first-order valence-electron chi connectivity index (χ1n) is 5.02. The fourth-order valence-electron chi connectivity index (χ4n) is 1.97. The maximum Gasteiger partial charge on any atom is 0.131 e. The summed E-state index contributed by atoms with van der Waals surface area (Å²) in [5.41, 5.74) is 2.94. The summed E-state index contributed by atoms with van der Waals surface area (Å²) in [5.74, 6) is 1.11. The van der Waals surface area contributed by atoms with E-state index in [0.29, 0.717) is 12.4 Å². The molecule has 0 amide bonds. The summed E-state index contributed by atoms with van der Waals surface area (Å²) in [6.45, 7) is 0.417. The van der Waals surface area contributed by atoms with Gasteiger partial charge >= 0.3 is 0 Å². The van der Waals surface area contributed by atoms with Gasteiger partial charge in [0.05, 0.1) is 0 Å². The number of phenolic OH excluding ortho intramolecular Hbond substituents is 2. The van der Waals surface area contributed by atoms with Crippen LogP contribution >= 0.6 is 0 Å². The molecule has 2 aromatic rings. The Morgan fingerprint density at radius 3 is 2.38 bits per heavy atom. The second-order valence-electron chi connectivity index (χ2n) is 3.81. The molecule has 1 aliphatic heterocycles. The molecule has 2 aromatic carbocycles. The third-order valence-electron chi connectivity index (χ3n) is 2.73. The Balaban J connectivity index is 2.23. The van der Waals surface area contributed by atoms with Gasteiger partial charge in [0.1, 0.15) is 23.9 Å². The van der Waals surface area contributed by atoms with E-state index in [0.717, 1.165) is 16.7 Å². The number of hydrogen-bond acceptors (Lipinski definition) is 3. The van der Waals surface area contributed by atoms with Gasteiger partial charge in [0.25, 0.3) is 0 Å². The van der Waals surface area contributed by atoms with Gasteiger partial charge in [0.2, 0.25) is 0 Å². The summed E-state index contributed by atoms with van der Waals surface area (Å²) in [4.78, 5) is 0. The number of rotatable bonds is 0. The van der Waals surface area contributed by atoms with Crippen LogP contribution in [0.4, 0.5) is 0 Å². The topological polar surface area (TPSA) is 49.7 Å². The monoisotopic (exact) mass is 214 g/mol. The fourth-order valence-corrected chi connectivity index (χ4v) is 1.97. The number of benzene rings is 2. The molecule has 0 bridgehead atoms. The molecular formula is C13H10O3. The van der Waals surface area contributed by atoms with E-state index in [1.54, 1.807) is 24.3 Å². The number of hydrogen-bond donors (Lipinski definition) is 2. The maximum absolute atomic E-state index is 9.38. The van der Waals surface area contributed by atoms with Gasteiger partial charge in [-0.15, -0.1) is 0 Å². The lowest BCUT2D eigenvalue weighted by atomic mass is 9.97. The van der Waals surface area contributed by atoms with Crippen molar-refractivity contribution in [3.8, 4) is 28.4 Å². The minimum absolute atomic E-state index is 0.195. The molecule has 0 atom stereocenters. The highest BCUT2D eigenvalue weighted by Gasteiger charge is 2.17. The molecule has 0 radical (unpaired) electrons. The van der Waals surface area contributed by atoms with Crippen LogP contribution in [0.15, 0.2) is 36.4 Å². The van der Waals surface area contributed by atoms with Gasteiger partial charge < -0.3 is 14.9 Å². The van der Waals surface area contributed by atoms with Crippen molar-refractivity contribution in [1.29, 1.82) is 0 Å². The highest BCUT2D eigenvalue weighted by Crippen LogP contribution is 2.40. The molecule has 0 saturated heterocycles. The molecule has 0 aromatic heterocycles. The lowest BCUT2D eigenvalue weighted by molar-refractivity contribution is 0.299. The van der Waals surface area contributed by atoms with Crippen molar-refractivity contribution in [3.63, 3.8) is 0 Å². The standard InChI is InChI=1S/C13H10O3/c14-9-1-3-11-8(5-9)7-16-13-6-10(15)2-4-12(11)13/h1-6,14-15H,7H2. The minimum atomic E-state index is 0.195. The molecule has 0 unspecified atom stereocenters. The molecule has 3 nitrogen and oxygen atoms in total. The zero-order chi connectivity index (χ0) is 11.1. The maximum atomic E-state index is 9.38. The first-order valence-corrected chi connectivity index (χ1v) is 5.02. The SMILES string of the molecule is Oc1ccc2c(c1)COc1cc(O)ccc1-2. The number of ether oxygens (including phenoxy) is 1. The molecule has 1 aliphatic rings. The van der Waals surface area contributed by atoms with Crippen molar-refractivity contribution in [2.45, 2.75) is 6.61 Å². The Labute approximate surface area is 92.5 Å². The van der Waals surface area contributed by atoms with E-state index >= 15 is 0 Å². The summed E-state index contributed by atoms with van der Waals surface area (Å²) >= 11 is 0. The Kier molecular flexibility index (Phi) is 1.80. The van der Waals surface area contributed by atoms with E-state index in [1.807, 2.05) is 12.1 Å². The van der Waals surface area contributed by atoms with Gasteiger partial charge in [-0.3, -0.25) is 0 Å². The third-order valence-corrected chi connectivity index (χ3v) is 2.73. The molecule has 1 heterocycles. The zero-order valence-corrected chi connectivity index (χ0v) is 8.47. The zero-order valence-electron chi connectivity index (χ0n) is 8.47. The van der Waals surface area contributed by atoms with Crippen LogP contribution in [0.1, 0.15) is 5.56 Å². The number of aromatic hydroxyl groups is 2. The van der Waals surface area contributed by atoms with Crippen LogP contribution in [-0.2, 0) is 6.61 Å². The van der Waals surface area contributed by atoms with Crippen molar-refractivity contribution in [2.75, 3.05) is 0 Å². The van der Waals surface area contributed by atoms with Crippen LogP contribution < -0.4 is 4.74 Å². The Hall–Kier alpha value is -2.16. The summed E-state index contributed by atoms with van der Waals surface area (Å²) in [6, 6.07) is 10.3. The molecule has 0 saturated carbocycles. The van der Waals surface area contributed by atoms with Crippen molar-refractivity contribution < 1.29 is 14.9 Å². The van der Waals surface area contributed by atoms with Crippen LogP contribution in [0.2, 0.25) is 0 Å². The van der Waals surface area contributed by atoms with Gasteiger partial charge in [-0.2, -0.15) is 0 Å². The predicted octanol–water partition coefficient (Wildman–Crippen LogP) is 2.66. The second-order valence-corrected chi connectivity index (χ2v) is 3.81. The summed E-state index contributed by atoms with van der Waals surface area (Å²) in [5, 5.41) is 18.7. The molecular weight excluding hydrogens is 204 g/mol. The molecule has 0 spiro atoms. The van der Waals surface area contributed by atoms with Crippen LogP contribution in [-0.4, -0.2) is 10.2 Å². The van der Waals surface area contributed by atoms with Crippen molar-refractivity contribution in [3.05, 3.63) is 42.0 Å². The minimum Gasteiger partial charge on any atom is -0.508 e. The second kappa shape index (κ2) is 3.17. The molecule has 0 fully saturated rings. The van der Waals surface area contributed by atoms with E-state index in [2.05, 4.69) is 0 Å². The molecule has 3 heteroatoms. The number of phenols is 2. The lowest BCUT2D eigenvalue weighted by Gasteiger charge is -2.20. The smallest absolute Gasteiger partial charge is 0.131 e. The third kappa shape index (κ3) is 1.29. The Bertz CT molecular complexity index is 510. The highest BCUT2D eigenvalue weighted by atomic mass is 16.5. The quantitative estimate of drug-likeness (QED) is 0.708. The van der Waals surface area contributed by atoms with Crippen molar-refractivity contribution >= 4 is 0 Å².